The van der Waals surface area contributed by atoms with Gasteiger partial charge in [0.2, 0.25) is 0 Å². The molecule has 0 heterocycles. The van der Waals surface area contributed by atoms with Crippen molar-refractivity contribution in [2.24, 2.45) is 0 Å². The van der Waals surface area contributed by atoms with Gasteiger partial charge in [-0.15, -0.1) is 0 Å². The Balaban J connectivity index is 1.81. The number of amides is 1. The minimum atomic E-state index is -1.09. The zero-order valence-corrected chi connectivity index (χ0v) is 13.0. The van der Waals surface area contributed by atoms with Crippen molar-refractivity contribution in [3.63, 3.8) is 0 Å². The highest BCUT2D eigenvalue weighted by Crippen LogP contribution is 2.13. The predicted octanol–water partition coefficient (Wildman–Crippen LogP) is 3.81. The Labute approximate surface area is 141 Å². The van der Waals surface area contributed by atoms with Gasteiger partial charge in [-0.3, -0.25) is 4.79 Å². The lowest BCUT2D eigenvalue weighted by Crippen LogP contribution is -2.20. The Hall–Kier alpha value is -2.73. The Bertz CT molecular complexity index is 776. The van der Waals surface area contributed by atoms with Gasteiger partial charge in [0.25, 0.3) is 5.91 Å². The molecule has 0 aliphatic rings. The number of rotatable bonds is 5. The van der Waals surface area contributed by atoms with E-state index in [2.05, 4.69) is 5.32 Å². The van der Waals surface area contributed by atoms with Crippen molar-refractivity contribution in [1.29, 1.82) is 0 Å². The molecule has 0 spiro atoms. The average Bonchev–Trinajstić information content (AvgIpc) is 2.56. The van der Waals surface area contributed by atoms with E-state index in [0.29, 0.717) is 5.02 Å². The summed E-state index contributed by atoms with van der Waals surface area (Å²) in [5, 5.41) is 2.86. The van der Waals surface area contributed by atoms with E-state index in [4.69, 9.17) is 16.3 Å². The molecule has 1 amide bonds. The molecule has 0 aromatic heterocycles. The summed E-state index contributed by atoms with van der Waals surface area (Å²) in [6, 6.07) is 9.66. The molecule has 2 aromatic carbocycles. The standard InChI is InChI=1S/C17H12ClF2NO3/c18-12-4-1-11(2-5-12)3-8-17(23)24-10-16(22)21-13-6-7-14(19)15(20)9-13/h1-9H,10H2,(H,21,22)/b8-3+. The number of hydrogen-bond acceptors (Lipinski definition) is 3. The predicted molar refractivity (Wildman–Crippen MR) is 86.4 cm³/mol. The maximum absolute atomic E-state index is 13.0. The van der Waals surface area contributed by atoms with Gasteiger partial charge in [0.15, 0.2) is 18.2 Å². The van der Waals surface area contributed by atoms with Crippen LogP contribution in [-0.2, 0) is 14.3 Å². The van der Waals surface area contributed by atoms with Gasteiger partial charge in [-0.25, -0.2) is 13.6 Å². The van der Waals surface area contributed by atoms with Gasteiger partial charge in [-0.2, -0.15) is 0 Å². The Morgan fingerprint density at radius 2 is 1.79 bits per heavy atom. The first-order chi connectivity index (χ1) is 11.4. The summed E-state index contributed by atoms with van der Waals surface area (Å²) >= 11 is 5.74. The summed E-state index contributed by atoms with van der Waals surface area (Å²) in [6.07, 6.45) is 2.67. The van der Waals surface area contributed by atoms with Crippen LogP contribution in [0.5, 0.6) is 0 Å². The minimum Gasteiger partial charge on any atom is -0.452 e. The van der Waals surface area contributed by atoms with Crippen LogP contribution in [0.1, 0.15) is 5.56 Å². The summed E-state index contributed by atoms with van der Waals surface area (Å²) in [7, 11) is 0. The smallest absolute Gasteiger partial charge is 0.331 e. The minimum absolute atomic E-state index is 0.0617. The second kappa shape index (κ2) is 8.21. The molecule has 0 saturated heterocycles. The Morgan fingerprint density at radius 1 is 1.08 bits per heavy atom. The molecule has 4 nitrogen and oxygen atoms in total. The monoisotopic (exact) mass is 351 g/mol. The topological polar surface area (TPSA) is 55.4 Å². The first-order valence-electron chi connectivity index (χ1n) is 6.79. The average molecular weight is 352 g/mol. The molecule has 1 N–H and O–H groups in total. The van der Waals surface area contributed by atoms with Gasteiger partial charge in [0.05, 0.1) is 0 Å². The van der Waals surface area contributed by atoms with E-state index >= 15 is 0 Å². The van der Waals surface area contributed by atoms with Crippen molar-refractivity contribution in [1.82, 2.24) is 0 Å². The van der Waals surface area contributed by atoms with Gasteiger partial charge in [-0.05, 0) is 35.9 Å². The number of hydrogen-bond donors (Lipinski definition) is 1. The third-order valence-corrected chi connectivity index (χ3v) is 3.08. The van der Waals surface area contributed by atoms with Gasteiger partial charge >= 0.3 is 5.97 Å². The first-order valence-corrected chi connectivity index (χ1v) is 7.17. The van der Waals surface area contributed by atoms with Crippen LogP contribution in [0.25, 0.3) is 6.08 Å². The van der Waals surface area contributed by atoms with E-state index in [9.17, 15) is 18.4 Å². The van der Waals surface area contributed by atoms with Gasteiger partial charge in [0.1, 0.15) is 0 Å². The van der Waals surface area contributed by atoms with Crippen LogP contribution in [0.15, 0.2) is 48.5 Å². The maximum atomic E-state index is 13.0. The number of benzene rings is 2. The normalized spacial score (nSPS) is 10.6. The molecule has 0 bridgehead atoms. The summed E-state index contributed by atoms with van der Waals surface area (Å²) < 4.78 is 30.5. The number of halogens is 3. The number of ether oxygens (including phenoxy) is 1. The third-order valence-electron chi connectivity index (χ3n) is 2.83. The molecule has 0 aliphatic carbocycles. The second-order valence-electron chi connectivity index (χ2n) is 4.67. The molecule has 2 aromatic rings. The number of carbonyl (C=O) groups excluding carboxylic acids is 2. The highest BCUT2D eigenvalue weighted by atomic mass is 35.5. The Morgan fingerprint density at radius 3 is 2.46 bits per heavy atom. The number of nitrogens with one attached hydrogen (secondary N) is 1. The van der Waals surface area contributed by atoms with E-state index in [1.807, 2.05) is 0 Å². The first kappa shape index (κ1) is 17.6. The van der Waals surface area contributed by atoms with Crippen molar-refractivity contribution in [2.45, 2.75) is 0 Å². The molecule has 0 radical (unpaired) electrons. The van der Waals surface area contributed by atoms with Crippen LogP contribution in [-0.4, -0.2) is 18.5 Å². The summed E-state index contributed by atoms with van der Waals surface area (Å²) in [6.45, 7) is -0.553. The Kier molecular flexibility index (Phi) is 6.03. The van der Waals surface area contributed by atoms with Crippen LogP contribution in [0.3, 0.4) is 0 Å². The second-order valence-corrected chi connectivity index (χ2v) is 5.11. The number of esters is 1. The zero-order valence-electron chi connectivity index (χ0n) is 12.3. The lowest BCUT2D eigenvalue weighted by molar-refractivity contribution is -0.142. The van der Waals surface area contributed by atoms with Gasteiger partial charge < -0.3 is 10.1 Å². The lowest BCUT2D eigenvalue weighted by atomic mass is 10.2. The molecule has 24 heavy (non-hydrogen) atoms. The van der Waals surface area contributed by atoms with Crippen LogP contribution in [0.2, 0.25) is 5.02 Å². The van der Waals surface area contributed by atoms with E-state index in [0.717, 1.165) is 23.8 Å². The lowest BCUT2D eigenvalue weighted by Gasteiger charge is -2.05. The SMILES string of the molecule is O=C(COC(=O)/C=C/c1ccc(Cl)cc1)Nc1ccc(F)c(F)c1. The molecule has 2 rings (SSSR count). The van der Waals surface area contributed by atoms with E-state index in [-0.39, 0.29) is 5.69 Å². The molecule has 124 valence electrons. The largest absolute Gasteiger partial charge is 0.452 e. The zero-order chi connectivity index (χ0) is 17.5. The highest BCUT2D eigenvalue weighted by molar-refractivity contribution is 6.30. The van der Waals surface area contributed by atoms with Crippen molar-refractivity contribution in [3.8, 4) is 0 Å². The highest BCUT2D eigenvalue weighted by Gasteiger charge is 2.08. The van der Waals surface area contributed by atoms with Crippen molar-refractivity contribution in [3.05, 3.63) is 70.8 Å². The summed E-state index contributed by atoms with van der Waals surface area (Å²) in [4.78, 5) is 23.1. The van der Waals surface area contributed by atoms with Crippen LogP contribution in [0, 0.1) is 11.6 Å². The van der Waals surface area contributed by atoms with Crippen molar-refractivity contribution >= 4 is 35.2 Å². The molecule has 0 unspecified atom stereocenters. The molecule has 0 aliphatic heterocycles. The molecular formula is C17H12ClF2NO3. The van der Waals surface area contributed by atoms with E-state index in [1.165, 1.54) is 12.1 Å². The fourth-order valence-electron chi connectivity index (χ4n) is 1.69. The van der Waals surface area contributed by atoms with Crippen LogP contribution < -0.4 is 5.32 Å². The van der Waals surface area contributed by atoms with Crippen molar-refractivity contribution in [2.75, 3.05) is 11.9 Å². The quantitative estimate of drug-likeness (QED) is 0.658. The molecule has 0 atom stereocenters. The molecule has 0 saturated carbocycles. The molecular weight excluding hydrogens is 340 g/mol. The fraction of sp³-hybridized carbons (Fsp3) is 0.0588. The van der Waals surface area contributed by atoms with Gasteiger partial charge in [-0.1, -0.05) is 23.7 Å². The van der Waals surface area contributed by atoms with Crippen LogP contribution in [0.4, 0.5) is 14.5 Å². The molecule has 0 fully saturated rings. The van der Waals surface area contributed by atoms with Crippen molar-refractivity contribution < 1.29 is 23.1 Å². The number of anilines is 1. The summed E-state index contributed by atoms with van der Waals surface area (Å²) in [5.41, 5.74) is 0.800. The van der Waals surface area contributed by atoms with Gasteiger partial charge in [0, 0.05) is 22.9 Å². The maximum Gasteiger partial charge on any atom is 0.331 e. The van der Waals surface area contributed by atoms with Crippen LogP contribution >= 0.6 is 11.6 Å². The fourth-order valence-corrected chi connectivity index (χ4v) is 1.82. The third kappa shape index (κ3) is 5.48. The number of carbonyl (C=O) groups is 2. The molecule has 7 heteroatoms. The van der Waals surface area contributed by atoms with E-state index in [1.54, 1.807) is 24.3 Å². The summed E-state index contributed by atoms with van der Waals surface area (Å²) in [5.74, 6) is -3.50. The van der Waals surface area contributed by atoms with E-state index < -0.39 is 30.1 Å².